The molecule has 3 nitrogen and oxygen atoms in total. The van der Waals surface area contributed by atoms with E-state index in [0.29, 0.717) is 11.5 Å². The number of hydrogen-bond donors (Lipinski definition) is 1. The van der Waals surface area contributed by atoms with E-state index < -0.39 is 0 Å². The van der Waals surface area contributed by atoms with Gasteiger partial charge in [-0.05, 0) is 56.1 Å². The largest absolute Gasteiger partial charge is 0.349 e. The summed E-state index contributed by atoms with van der Waals surface area (Å²) < 4.78 is 0. The number of hydrogen-bond acceptors (Lipinski definition) is 2. The van der Waals surface area contributed by atoms with Crippen LogP contribution in [-0.4, -0.2) is 16.9 Å². The minimum Gasteiger partial charge on any atom is -0.349 e. The summed E-state index contributed by atoms with van der Waals surface area (Å²) in [4.78, 5) is 16.1. The second-order valence-corrected chi connectivity index (χ2v) is 6.88. The van der Waals surface area contributed by atoms with Crippen molar-refractivity contribution in [1.29, 1.82) is 0 Å². The summed E-state index contributed by atoms with van der Waals surface area (Å²) in [6.45, 7) is 2.10. The van der Waals surface area contributed by atoms with Crippen LogP contribution in [0.5, 0.6) is 0 Å². The molecule has 2 bridgehead atoms. The first-order valence-corrected chi connectivity index (χ1v) is 7.92. The number of halogens is 2. The highest BCUT2D eigenvalue weighted by Crippen LogP contribution is 2.49. The fourth-order valence-electron chi connectivity index (χ4n) is 3.90. The van der Waals surface area contributed by atoms with Crippen LogP contribution in [0.3, 0.4) is 0 Å². The molecule has 1 aromatic heterocycles. The lowest BCUT2D eigenvalue weighted by Gasteiger charge is -2.28. The van der Waals surface area contributed by atoms with Crippen LogP contribution < -0.4 is 5.32 Å². The lowest BCUT2D eigenvalue weighted by atomic mass is 9.84. The Balaban J connectivity index is 1.66. The van der Waals surface area contributed by atoms with Gasteiger partial charge in [-0.15, -0.1) is 0 Å². The van der Waals surface area contributed by atoms with Crippen LogP contribution in [0.15, 0.2) is 12.1 Å². The Kier molecular flexibility index (Phi) is 3.91. The average molecular weight is 313 g/mol. The quantitative estimate of drug-likeness (QED) is 0.859. The zero-order valence-electron chi connectivity index (χ0n) is 11.4. The Morgan fingerprint density at radius 3 is 2.55 bits per heavy atom. The molecule has 3 rings (SSSR count). The van der Waals surface area contributed by atoms with Crippen molar-refractivity contribution >= 4 is 29.1 Å². The Labute approximate surface area is 129 Å². The number of aromatic nitrogens is 1. The molecule has 0 spiro atoms. The number of pyridine rings is 1. The van der Waals surface area contributed by atoms with Gasteiger partial charge in [0.15, 0.2) is 0 Å². The van der Waals surface area contributed by atoms with Gasteiger partial charge in [0.1, 0.15) is 10.3 Å². The lowest BCUT2D eigenvalue weighted by molar-refractivity contribution is 0.0915. The summed E-state index contributed by atoms with van der Waals surface area (Å²) in [7, 11) is 0. The Morgan fingerprint density at radius 2 is 2.00 bits per heavy atom. The summed E-state index contributed by atoms with van der Waals surface area (Å²) >= 11 is 11.7. The first kappa shape index (κ1) is 14.2. The van der Waals surface area contributed by atoms with Crippen molar-refractivity contribution in [3.8, 4) is 0 Å². The van der Waals surface area contributed by atoms with Crippen LogP contribution in [0, 0.1) is 17.8 Å². The summed E-state index contributed by atoms with van der Waals surface area (Å²) in [5, 5.41) is 3.58. The van der Waals surface area contributed by atoms with Crippen LogP contribution in [0.1, 0.15) is 43.0 Å². The molecule has 0 aromatic carbocycles. The van der Waals surface area contributed by atoms with Gasteiger partial charge < -0.3 is 5.32 Å². The number of rotatable bonds is 3. The normalized spacial score (nSPS) is 29.4. The van der Waals surface area contributed by atoms with Gasteiger partial charge in [-0.25, -0.2) is 4.98 Å². The second-order valence-electron chi connectivity index (χ2n) is 6.10. The van der Waals surface area contributed by atoms with Crippen molar-refractivity contribution in [3.63, 3.8) is 0 Å². The van der Waals surface area contributed by atoms with Crippen molar-refractivity contribution in [3.05, 3.63) is 28.0 Å². The van der Waals surface area contributed by atoms with Gasteiger partial charge in [0.25, 0.3) is 5.91 Å². The molecule has 0 radical (unpaired) electrons. The number of nitrogens with one attached hydrogen (secondary N) is 1. The van der Waals surface area contributed by atoms with Gasteiger partial charge >= 0.3 is 0 Å². The van der Waals surface area contributed by atoms with Gasteiger partial charge in [-0.2, -0.15) is 0 Å². The van der Waals surface area contributed by atoms with Gasteiger partial charge in [0, 0.05) is 11.6 Å². The minimum absolute atomic E-state index is 0.119. The lowest BCUT2D eigenvalue weighted by Crippen LogP contribution is -2.40. The number of amides is 1. The molecular formula is C15H18Cl2N2O. The summed E-state index contributed by atoms with van der Waals surface area (Å²) in [6.07, 6.45) is 5.29. The molecule has 2 saturated carbocycles. The molecule has 1 N–H and O–H groups in total. The van der Waals surface area contributed by atoms with Gasteiger partial charge in [0.2, 0.25) is 0 Å². The van der Waals surface area contributed by atoms with E-state index in [1.54, 1.807) is 12.1 Å². The molecule has 2 aliphatic rings. The van der Waals surface area contributed by atoms with E-state index in [1.807, 2.05) is 0 Å². The SMILES string of the molecule is C[C@@H](NC(=O)c1cc(Cl)nc(Cl)c1)[C@@H]1C[C@@H]2CC[C@@H]1C2. The van der Waals surface area contributed by atoms with E-state index in [0.717, 1.165) is 11.8 Å². The first-order valence-electron chi connectivity index (χ1n) is 7.17. The van der Waals surface area contributed by atoms with E-state index in [9.17, 15) is 4.79 Å². The average Bonchev–Trinajstić information content (AvgIpc) is 2.99. The number of carbonyl (C=O) groups is 1. The van der Waals surface area contributed by atoms with E-state index in [4.69, 9.17) is 23.2 Å². The molecule has 2 fully saturated rings. The zero-order valence-corrected chi connectivity index (χ0v) is 12.9. The summed E-state index contributed by atoms with van der Waals surface area (Å²) in [6, 6.07) is 3.30. The highest BCUT2D eigenvalue weighted by atomic mass is 35.5. The van der Waals surface area contributed by atoms with Crippen molar-refractivity contribution in [2.75, 3.05) is 0 Å². The predicted molar refractivity (Wildman–Crippen MR) is 80.1 cm³/mol. The van der Waals surface area contributed by atoms with Crippen LogP contribution in [0.2, 0.25) is 10.3 Å². The third-order valence-corrected chi connectivity index (χ3v) is 5.21. The maximum Gasteiger partial charge on any atom is 0.251 e. The van der Waals surface area contributed by atoms with Gasteiger partial charge in [-0.3, -0.25) is 4.79 Å². The standard InChI is InChI=1S/C15H18Cl2N2O/c1-8(12-5-9-2-3-10(12)4-9)18-15(20)11-6-13(16)19-14(17)7-11/h6-10,12H,2-5H2,1H3,(H,18,20)/t8-,9-,10-,12+/m1/s1. The molecule has 1 heterocycles. The van der Waals surface area contributed by atoms with Crippen molar-refractivity contribution < 1.29 is 4.79 Å². The number of fused-ring (bicyclic) bond motifs is 2. The molecule has 5 heteroatoms. The Morgan fingerprint density at radius 1 is 1.30 bits per heavy atom. The van der Waals surface area contributed by atoms with Crippen molar-refractivity contribution in [2.24, 2.45) is 17.8 Å². The molecule has 4 atom stereocenters. The minimum atomic E-state index is -0.119. The predicted octanol–water partition coefficient (Wildman–Crippen LogP) is 3.94. The third-order valence-electron chi connectivity index (χ3n) is 4.82. The molecule has 0 unspecified atom stereocenters. The zero-order chi connectivity index (χ0) is 14.3. The summed E-state index contributed by atoms with van der Waals surface area (Å²) in [5.41, 5.74) is 0.477. The van der Waals surface area contributed by atoms with E-state index in [2.05, 4.69) is 17.2 Å². The van der Waals surface area contributed by atoms with Crippen LogP contribution in [-0.2, 0) is 0 Å². The Hall–Kier alpha value is -0.800. The molecule has 1 aromatic rings. The second kappa shape index (κ2) is 5.53. The monoisotopic (exact) mass is 312 g/mol. The van der Waals surface area contributed by atoms with Crippen LogP contribution in [0.4, 0.5) is 0 Å². The highest BCUT2D eigenvalue weighted by Gasteiger charge is 2.42. The Bertz CT molecular complexity index is 514. The molecule has 0 aliphatic heterocycles. The number of nitrogens with zero attached hydrogens (tertiary/aromatic N) is 1. The topological polar surface area (TPSA) is 42.0 Å². The maximum absolute atomic E-state index is 12.3. The van der Waals surface area contributed by atoms with Gasteiger partial charge in [-0.1, -0.05) is 29.6 Å². The first-order chi connectivity index (χ1) is 9.52. The smallest absolute Gasteiger partial charge is 0.251 e. The van der Waals surface area contributed by atoms with E-state index >= 15 is 0 Å². The maximum atomic E-state index is 12.3. The fourth-order valence-corrected chi connectivity index (χ4v) is 4.36. The van der Waals surface area contributed by atoms with E-state index in [-0.39, 0.29) is 22.3 Å². The van der Waals surface area contributed by atoms with Crippen molar-refractivity contribution in [2.45, 2.75) is 38.6 Å². The van der Waals surface area contributed by atoms with Crippen molar-refractivity contribution in [1.82, 2.24) is 10.3 Å². The molecular weight excluding hydrogens is 295 g/mol. The third kappa shape index (κ3) is 2.79. The van der Waals surface area contributed by atoms with Crippen LogP contribution in [0.25, 0.3) is 0 Å². The summed E-state index contributed by atoms with van der Waals surface area (Å²) in [5.74, 6) is 2.17. The van der Waals surface area contributed by atoms with Crippen LogP contribution >= 0.6 is 23.2 Å². The molecule has 108 valence electrons. The molecule has 1 amide bonds. The fraction of sp³-hybridized carbons (Fsp3) is 0.600. The molecule has 20 heavy (non-hydrogen) atoms. The highest BCUT2D eigenvalue weighted by molar-refractivity contribution is 6.33. The molecule has 0 saturated heterocycles. The molecule has 2 aliphatic carbocycles. The number of carbonyl (C=O) groups excluding carboxylic acids is 1. The van der Waals surface area contributed by atoms with Gasteiger partial charge in [0.05, 0.1) is 0 Å². The van der Waals surface area contributed by atoms with E-state index in [1.165, 1.54) is 25.7 Å².